The highest BCUT2D eigenvalue weighted by atomic mass is 16.5. The van der Waals surface area contributed by atoms with Crippen LogP contribution in [0.5, 0.6) is 5.75 Å². The van der Waals surface area contributed by atoms with Crippen LogP contribution in [0.1, 0.15) is 31.7 Å². The Morgan fingerprint density at radius 3 is 2.65 bits per heavy atom. The minimum absolute atomic E-state index is 0.268. The van der Waals surface area contributed by atoms with Gasteiger partial charge in [0.2, 0.25) is 11.8 Å². The van der Waals surface area contributed by atoms with E-state index in [4.69, 9.17) is 9.47 Å². The van der Waals surface area contributed by atoms with Gasteiger partial charge in [-0.25, -0.2) is 4.90 Å². The molecule has 4 fully saturated rings. The minimum Gasteiger partial charge on any atom is -0.493 e. The molecule has 204 valence electrons. The van der Waals surface area contributed by atoms with Gasteiger partial charge < -0.3 is 19.7 Å². The van der Waals surface area contributed by atoms with E-state index in [1.54, 1.807) is 6.07 Å². The maximum atomic E-state index is 14.1. The van der Waals surface area contributed by atoms with E-state index in [0.29, 0.717) is 37.1 Å². The largest absolute Gasteiger partial charge is 0.493 e. The van der Waals surface area contributed by atoms with Crippen LogP contribution in [-0.2, 0) is 14.3 Å². The van der Waals surface area contributed by atoms with Crippen molar-refractivity contribution in [2.75, 3.05) is 42.6 Å². The van der Waals surface area contributed by atoms with Crippen LogP contribution < -0.4 is 19.9 Å². The highest BCUT2D eigenvalue weighted by Crippen LogP contribution is 2.62. The van der Waals surface area contributed by atoms with E-state index in [1.165, 1.54) is 4.90 Å². The van der Waals surface area contributed by atoms with E-state index in [1.807, 2.05) is 49.4 Å². The number of fused-ring (bicyclic) bond motifs is 6. The van der Waals surface area contributed by atoms with Crippen molar-refractivity contribution in [1.29, 1.82) is 5.26 Å². The number of nitrogens with zero attached hydrogens (tertiary/aromatic N) is 3. The molecule has 2 bridgehead atoms. The van der Waals surface area contributed by atoms with Gasteiger partial charge in [-0.3, -0.25) is 9.59 Å². The van der Waals surface area contributed by atoms with E-state index < -0.39 is 23.0 Å². The first kappa shape index (κ1) is 25.1. The van der Waals surface area contributed by atoms with Crippen molar-refractivity contribution >= 4 is 34.0 Å². The monoisotopic (exact) mass is 536 g/mol. The lowest BCUT2D eigenvalue weighted by Crippen LogP contribution is -2.43. The van der Waals surface area contributed by atoms with Crippen LogP contribution in [0.15, 0.2) is 60.7 Å². The summed E-state index contributed by atoms with van der Waals surface area (Å²) in [6.07, 6.45) is 1.92. The molecule has 0 saturated carbocycles. The number of ether oxygens (including phenoxy) is 2. The number of hydrogen-bond donors (Lipinski definition) is 1. The molecular weight excluding hydrogens is 504 g/mol. The van der Waals surface area contributed by atoms with Crippen LogP contribution in [0.3, 0.4) is 0 Å². The molecule has 4 saturated heterocycles. The summed E-state index contributed by atoms with van der Waals surface area (Å²) in [5.74, 6) is -0.912. The third kappa shape index (κ3) is 3.72. The third-order valence-corrected chi connectivity index (χ3v) is 9.37. The van der Waals surface area contributed by atoms with Crippen molar-refractivity contribution in [2.45, 2.75) is 37.4 Å². The van der Waals surface area contributed by atoms with Crippen molar-refractivity contribution in [1.82, 2.24) is 5.32 Å². The zero-order valence-corrected chi connectivity index (χ0v) is 22.6. The Hall–Kier alpha value is -3.93. The van der Waals surface area contributed by atoms with Gasteiger partial charge in [0, 0.05) is 49.7 Å². The molecule has 4 heterocycles. The Kier molecular flexibility index (Phi) is 5.84. The lowest BCUT2D eigenvalue weighted by atomic mass is 9.67. The van der Waals surface area contributed by atoms with Gasteiger partial charge in [-0.05, 0) is 43.4 Å². The molecule has 0 spiro atoms. The Balaban J connectivity index is 1.14. The smallest absolute Gasteiger partial charge is 0.240 e. The van der Waals surface area contributed by atoms with Crippen LogP contribution in [0.25, 0.3) is 10.8 Å². The summed E-state index contributed by atoms with van der Waals surface area (Å²) in [6, 6.07) is 21.5. The second-order valence-corrected chi connectivity index (χ2v) is 11.6. The molecule has 4 aliphatic heterocycles. The normalized spacial score (nSPS) is 29.2. The molecule has 4 atom stereocenters. The van der Waals surface area contributed by atoms with E-state index in [-0.39, 0.29) is 11.8 Å². The number of hydrogen-bond acceptors (Lipinski definition) is 7. The molecule has 4 aliphatic rings. The predicted molar refractivity (Wildman–Crippen MR) is 151 cm³/mol. The minimum atomic E-state index is -0.763. The third-order valence-electron chi connectivity index (χ3n) is 9.37. The highest BCUT2D eigenvalue weighted by Gasteiger charge is 2.74. The SMILES string of the molecule is CC12CCC(CCOc3cccc(N4CCNCC4)c3)(O1)C1C(=O)N(c3ccc4ccccc4c3C#N)C(=O)C12. The zero-order chi connectivity index (χ0) is 27.5. The topological polar surface area (TPSA) is 94.9 Å². The summed E-state index contributed by atoms with van der Waals surface area (Å²) < 4.78 is 12.8. The molecule has 3 aromatic rings. The van der Waals surface area contributed by atoms with Crippen molar-refractivity contribution in [2.24, 2.45) is 11.8 Å². The quantitative estimate of drug-likeness (QED) is 0.476. The van der Waals surface area contributed by atoms with Gasteiger partial charge >= 0.3 is 0 Å². The molecule has 4 unspecified atom stereocenters. The summed E-state index contributed by atoms with van der Waals surface area (Å²) in [6.45, 7) is 6.18. The lowest BCUT2D eigenvalue weighted by molar-refractivity contribution is -0.131. The fourth-order valence-corrected chi connectivity index (χ4v) is 7.45. The average Bonchev–Trinajstić information content (AvgIpc) is 3.57. The number of carbonyl (C=O) groups is 2. The van der Waals surface area contributed by atoms with E-state index in [2.05, 4.69) is 28.4 Å². The van der Waals surface area contributed by atoms with E-state index >= 15 is 0 Å². The highest BCUT2D eigenvalue weighted by molar-refractivity contribution is 6.24. The van der Waals surface area contributed by atoms with Crippen LogP contribution in [0, 0.1) is 23.2 Å². The van der Waals surface area contributed by atoms with Gasteiger partial charge in [-0.2, -0.15) is 5.26 Å². The first-order valence-corrected chi connectivity index (χ1v) is 14.1. The summed E-state index contributed by atoms with van der Waals surface area (Å²) >= 11 is 0. The number of carbonyl (C=O) groups excluding carboxylic acids is 2. The number of nitriles is 1. The molecule has 8 heteroatoms. The van der Waals surface area contributed by atoms with Crippen molar-refractivity contribution in [3.8, 4) is 11.8 Å². The molecule has 1 N–H and O–H groups in total. The molecule has 3 aromatic carbocycles. The van der Waals surface area contributed by atoms with E-state index in [0.717, 1.165) is 48.4 Å². The fourth-order valence-electron chi connectivity index (χ4n) is 7.45. The molecule has 0 aromatic heterocycles. The maximum absolute atomic E-state index is 14.1. The number of rotatable bonds is 6. The van der Waals surface area contributed by atoms with Crippen molar-refractivity contribution < 1.29 is 19.1 Å². The second kappa shape index (κ2) is 9.33. The molecule has 2 amide bonds. The molecule has 8 nitrogen and oxygen atoms in total. The first-order chi connectivity index (χ1) is 19.4. The van der Waals surface area contributed by atoms with Gasteiger partial charge in [-0.15, -0.1) is 0 Å². The summed E-state index contributed by atoms with van der Waals surface area (Å²) in [4.78, 5) is 31.6. The number of imide groups is 1. The number of amides is 2. The van der Waals surface area contributed by atoms with Crippen LogP contribution >= 0.6 is 0 Å². The van der Waals surface area contributed by atoms with Crippen molar-refractivity contribution in [3.05, 3.63) is 66.2 Å². The molecule has 0 aliphatic carbocycles. The number of piperazine rings is 1. The van der Waals surface area contributed by atoms with Gasteiger partial charge in [0.1, 0.15) is 11.8 Å². The summed E-state index contributed by atoms with van der Waals surface area (Å²) in [5.41, 5.74) is 0.377. The Morgan fingerprint density at radius 2 is 1.82 bits per heavy atom. The Morgan fingerprint density at radius 1 is 1.02 bits per heavy atom. The van der Waals surface area contributed by atoms with Gasteiger partial charge in [0.25, 0.3) is 0 Å². The second-order valence-electron chi connectivity index (χ2n) is 11.6. The van der Waals surface area contributed by atoms with E-state index in [9.17, 15) is 14.9 Å². The predicted octanol–water partition coefficient (Wildman–Crippen LogP) is 4.02. The Labute approximate surface area is 233 Å². The standard InChI is InChI=1S/C32H32N4O4/c1-31-11-12-32(40-31,13-18-39-23-7-4-6-22(19-23)35-16-14-34-15-17-35)28-27(31)29(37)36(30(28)38)26-10-9-21-5-2-3-8-24(21)25(26)20-33/h2-10,19,27-28,34H,11-18H2,1H3. The maximum Gasteiger partial charge on any atom is 0.240 e. The van der Waals surface area contributed by atoms with Gasteiger partial charge in [0.15, 0.2) is 0 Å². The molecule has 7 rings (SSSR count). The number of nitrogens with one attached hydrogen (secondary N) is 1. The average molecular weight is 537 g/mol. The van der Waals surface area contributed by atoms with Gasteiger partial charge in [-0.1, -0.05) is 36.4 Å². The first-order valence-electron chi connectivity index (χ1n) is 14.1. The van der Waals surface area contributed by atoms with Crippen LogP contribution in [0.2, 0.25) is 0 Å². The zero-order valence-electron chi connectivity index (χ0n) is 22.6. The Bertz CT molecular complexity index is 1560. The number of anilines is 2. The molecule has 0 radical (unpaired) electrons. The summed E-state index contributed by atoms with van der Waals surface area (Å²) in [7, 11) is 0. The van der Waals surface area contributed by atoms with Crippen LogP contribution in [0.4, 0.5) is 11.4 Å². The van der Waals surface area contributed by atoms with Crippen LogP contribution in [-0.4, -0.2) is 55.8 Å². The van der Waals surface area contributed by atoms with Crippen molar-refractivity contribution in [3.63, 3.8) is 0 Å². The lowest BCUT2D eigenvalue weighted by Gasteiger charge is -2.31. The molecule has 40 heavy (non-hydrogen) atoms. The summed E-state index contributed by atoms with van der Waals surface area (Å²) in [5, 5.41) is 15.1. The van der Waals surface area contributed by atoms with Gasteiger partial charge in [0.05, 0.1) is 40.9 Å². The molecular formula is C32H32N4O4. The number of benzene rings is 3. The fraction of sp³-hybridized carbons (Fsp3) is 0.406.